The van der Waals surface area contributed by atoms with E-state index in [0.717, 1.165) is 37.0 Å². The van der Waals surface area contributed by atoms with Crippen LogP contribution in [0.3, 0.4) is 0 Å². The van der Waals surface area contributed by atoms with Crippen LogP contribution in [0.4, 0.5) is 9.93 Å². The Morgan fingerprint density at radius 3 is 2.23 bits per heavy atom. The molecular formula is C39H53N7O13S. The second-order valence-corrected chi connectivity index (χ2v) is 16.9. The van der Waals surface area contributed by atoms with E-state index >= 15 is 0 Å². The fourth-order valence-corrected chi connectivity index (χ4v) is 5.56. The van der Waals surface area contributed by atoms with Crippen molar-refractivity contribution in [2.45, 2.75) is 124 Å². The van der Waals surface area contributed by atoms with Gasteiger partial charge in [0.15, 0.2) is 22.3 Å². The van der Waals surface area contributed by atoms with E-state index in [2.05, 4.69) is 31.2 Å². The van der Waals surface area contributed by atoms with E-state index in [4.69, 9.17) is 33.0 Å². The smallest absolute Gasteiger partial charge is 0.413 e. The van der Waals surface area contributed by atoms with Gasteiger partial charge in [0.2, 0.25) is 34.9 Å². The Kier molecular flexibility index (Phi) is 15.4. The standard InChI is InChI=1S/C39H53N7O13S/c1-11-13-15-53-26-18-25(46(52)19-28(26)54-16-14-12-2)22-17-27(58-44-22)33(49)55-20-23-29(31(47)40-23)42-32(48)30(45-59-39(9,10)34(50)56-37(3,4)5)24-21-60-35(41-24)43-36(51)57-38(6,7)8/h17-19,21,23,29H,11-16,20H2,1-10H3,(H,40,47)(H,42,48)(H,41,43,51)/b45-30-/t23-,29+/m1/s1. The second-order valence-electron chi connectivity index (χ2n) is 16.1. The number of pyridine rings is 1. The number of anilines is 1. The first kappa shape index (κ1) is 46.7. The van der Waals surface area contributed by atoms with E-state index < -0.39 is 71.1 Å². The van der Waals surface area contributed by atoms with Crippen LogP contribution in [0.25, 0.3) is 11.4 Å². The van der Waals surface area contributed by atoms with Gasteiger partial charge >= 0.3 is 18.0 Å². The maximum atomic E-state index is 13.7. The molecule has 0 spiro atoms. The molecule has 0 aliphatic carbocycles. The third kappa shape index (κ3) is 13.3. The summed E-state index contributed by atoms with van der Waals surface area (Å²) in [6.45, 7) is 17.2. The normalized spacial score (nSPS) is 15.6. The minimum atomic E-state index is -1.68. The van der Waals surface area contributed by atoms with Crippen molar-refractivity contribution in [1.82, 2.24) is 20.8 Å². The number of hydrogen-bond donors (Lipinski definition) is 3. The van der Waals surface area contributed by atoms with Gasteiger partial charge in [0.25, 0.3) is 5.91 Å². The summed E-state index contributed by atoms with van der Waals surface area (Å²) in [4.78, 5) is 74.5. The first-order valence-corrected chi connectivity index (χ1v) is 20.2. The molecule has 3 amide bonds. The van der Waals surface area contributed by atoms with E-state index in [1.165, 1.54) is 37.6 Å². The number of esters is 2. The lowest BCUT2D eigenvalue weighted by atomic mass is 9.99. The van der Waals surface area contributed by atoms with Gasteiger partial charge in [-0.3, -0.25) is 14.9 Å². The van der Waals surface area contributed by atoms with Crippen LogP contribution in [-0.4, -0.2) is 94.4 Å². The molecule has 1 aliphatic rings. The number of carbonyl (C=O) groups is 5. The molecule has 0 saturated carbocycles. The minimum Gasteiger partial charge on any atom is -0.618 e. The monoisotopic (exact) mass is 859 g/mol. The van der Waals surface area contributed by atoms with Gasteiger partial charge in [-0.2, -0.15) is 4.73 Å². The molecule has 0 unspecified atom stereocenters. The lowest BCUT2D eigenvalue weighted by molar-refractivity contribution is -0.594. The maximum absolute atomic E-state index is 13.7. The van der Waals surface area contributed by atoms with Crippen molar-refractivity contribution in [3.8, 4) is 22.9 Å². The summed E-state index contributed by atoms with van der Waals surface area (Å²) in [5.41, 5.74) is -3.81. The summed E-state index contributed by atoms with van der Waals surface area (Å²) in [6.07, 6.45) is 3.79. The molecule has 0 bridgehead atoms. The summed E-state index contributed by atoms with van der Waals surface area (Å²) in [6, 6.07) is 0.555. The van der Waals surface area contributed by atoms with Gasteiger partial charge in [-0.05, 0) is 68.2 Å². The number of carbonyl (C=O) groups excluding carboxylic acids is 5. The van der Waals surface area contributed by atoms with E-state index in [0.29, 0.717) is 23.7 Å². The van der Waals surface area contributed by atoms with Gasteiger partial charge in [0, 0.05) is 11.4 Å². The highest BCUT2D eigenvalue weighted by Gasteiger charge is 2.43. The van der Waals surface area contributed by atoms with Gasteiger partial charge < -0.3 is 48.9 Å². The Labute approximate surface area is 351 Å². The number of hydrogen-bond acceptors (Lipinski definition) is 17. The molecule has 0 aromatic carbocycles. The van der Waals surface area contributed by atoms with Crippen LogP contribution in [0.1, 0.15) is 111 Å². The number of ether oxygens (including phenoxy) is 5. The van der Waals surface area contributed by atoms with Crippen LogP contribution in [0.2, 0.25) is 0 Å². The van der Waals surface area contributed by atoms with Crippen LogP contribution in [0, 0.1) is 5.21 Å². The number of thiazole rings is 1. The Balaban J connectivity index is 1.47. The topological polar surface area (TPSA) is 255 Å². The Bertz CT molecular complexity index is 2050. The fourth-order valence-electron chi connectivity index (χ4n) is 4.88. The van der Waals surface area contributed by atoms with Gasteiger partial charge in [0.05, 0.1) is 25.3 Å². The lowest BCUT2D eigenvalue weighted by Gasteiger charge is -2.36. The Morgan fingerprint density at radius 1 is 0.967 bits per heavy atom. The molecule has 3 aromatic heterocycles. The molecule has 20 nitrogen and oxygen atoms in total. The molecule has 4 heterocycles. The van der Waals surface area contributed by atoms with Crippen molar-refractivity contribution in [2.24, 2.45) is 5.16 Å². The molecule has 1 saturated heterocycles. The predicted octanol–water partition coefficient (Wildman–Crippen LogP) is 4.82. The van der Waals surface area contributed by atoms with Gasteiger partial charge in [-0.1, -0.05) is 37.0 Å². The summed E-state index contributed by atoms with van der Waals surface area (Å²) in [7, 11) is 0. The number of nitrogens with zero attached hydrogens (tertiary/aromatic N) is 4. The zero-order valence-electron chi connectivity index (χ0n) is 35.4. The van der Waals surface area contributed by atoms with Crippen molar-refractivity contribution >= 4 is 52.0 Å². The minimum absolute atomic E-state index is 0.0230. The highest BCUT2D eigenvalue weighted by molar-refractivity contribution is 7.14. The number of aromatic nitrogens is 3. The molecule has 21 heteroatoms. The van der Waals surface area contributed by atoms with Crippen LogP contribution in [0.5, 0.6) is 11.5 Å². The summed E-state index contributed by atoms with van der Waals surface area (Å²) in [5, 5.41) is 29.8. The highest BCUT2D eigenvalue weighted by atomic mass is 32.1. The van der Waals surface area contributed by atoms with Gasteiger partial charge in [-0.25, -0.2) is 19.4 Å². The Morgan fingerprint density at radius 2 is 1.62 bits per heavy atom. The largest absolute Gasteiger partial charge is 0.618 e. The van der Waals surface area contributed by atoms with Crippen molar-refractivity contribution < 1.29 is 61.7 Å². The molecule has 3 N–H and O–H groups in total. The van der Waals surface area contributed by atoms with Crippen LogP contribution >= 0.6 is 11.3 Å². The summed E-state index contributed by atoms with van der Waals surface area (Å²) < 4.78 is 33.4. The fraction of sp³-hybridized carbons (Fsp3) is 0.564. The number of unbranched alkanes of at least 4 members (excludes halogenated alkanes) is 2. The Hall–Kier alpha value is -5.99. The van der Waals surface area contributed by atoms with Crippen molar-refractivity contribution in [3.05, 3.63) is 40.4 Å². The van der Waals surface area contributed by atoms with Crippen molar-refractivity contribution in [1.29, 1.82) is 0 Å². The second kappa shape index (κ2) is 19.8. The number of oxime groups is 1. The first-order chi connectivity index (χ1) is 28.1. The van der Waals surface area contributed by atoms with E-state index in [-0.39, 0.29) is 33.7 Å². The van der Waals surface area contributed by atoms with E-state index in [9.17, 15) is 29.2 Å². The molecule has 2 atom stereocenters. The predicted molar refractivity (Wildman–Crippen MR) is 215 cm³/mol. The molecular weight excluding hydrogens is 807 g/mol. The van der Waals surface area contributed by atoms with E-state index in [1.54, 1.807) is 41.5 Å². The number of β-lactam (4-membered cyclic amide) rings is 1. The zero-order valence-corrected chi connectivity index (χ0v) is 36.2. The molecule has 1 fully saturated rings. The average molecular weight is 860 g/mol. The SMILES string of the molecule is CCCCOc1cc(-c2cc(C(=O)OC[C@H]3NC(=O)[C@H]3NC(=O)/C(=N\OC(C)(C)C(=O)OC(C)(C)C)c3csc(NC(=O)OC(C)(C)C)n3)on2)[n+]([O-])cc1OCCCC. The quantitative estimate of drug-likeness (QED) is 0.0214. The molecule has 328 valence electrons. The van der Waals surface area contributed by atoms with Crippen LogP contribution in [-0.2, 0) is 33.4 Å². The van der Waals surface area contributed by atoms with Crippen LogP contribution in [0.15, 0.2) is 33.4 Å². The maximum Gasteiger partial charge on any atom is 0.413 e. The zero-order chi connectivity index (χ0) is 44.4. The van der Waals surface area contributed by atoms with Gasteiger partial charge in [0.1, 0.15) is 29.5 Å². The molecule has 1 aliphatic heterocycles. The van der Waals surface area contributed by atoms with E-state index in [1.807, 2.05) is 13.8 Å². The molecule has 0 radical (unpaired) electrons. The molecule has 3 aromatic rings. The lowest BCUT2D eigenvalue weighted by Crippen LogP contribution is -2.71. The highest BCUT2D eigenvalue weighted by Crippen LogP contribution is 2.31. The van der Waals surface area contributed by atoms with Crippen LogP contribution < -0.4 is 30.2 Å². The third-order valence-corrected chi connectivity index (χ3v) is 8.74. The first-order valence-electron chi connectivity index (χ1n) is 19.3. The average Bonchev–Trinajstić information content (AvgIpc) is 3.82. The molecule has 60 heavy (non-hydrogen) atoms. The van der Waals surface area contributed by atoms with Crippen molar-refractivity contribution in [3.63, 3.8) is 0 Å². The summed E-state index contributed by atoms with van der Waals surface area (Å²) in [5.74, 6) is -3.04. The molecule has 4 rings (SSSR count). The number of amides is 3. The summed E-state index contributed by atoms with van der Waals surface area (Å²) >= 11 is 0.943. The van der Waals surface area contributed by atoms with Gasteiger partial charge in [-0.15, -0.1) is 11.3 Å². The van der Waals surface area contributed by atoms with Crippen molar-refractivity contribution in [2.75, 3.05) is 25.1 Å². The number of nitrogens with one attached hydrogen (secondary N) is 3. The number of rotatable bonds is 19. The third-order valence-electron chi connectivity index (χ3n) is 7.99.